The lowest BCUT2D eigenvalue weighted by Crippen LogP contribution is -2.23. The molecule has 0 amide bonds. The summed E-state index contributed by atoms with van der Waals surface area (Å²) < 4.78 is 0. The second-order valence-corrected chi connectivity index (χ2v) is 4.26. The van der Waals surface area contributed by atoms with Gasteiger partial charge in [0.15, 0.2) is 0 Å². The molecule has 68 valence electrons. The predicted octanol–water partition coefficient (Wildman–Crippen LogP) is 2.84. The minimum atomic E-state index is -0.484. The average molecular weight is 184 g/mol. The van der Waals surface area contributed by atoms with Gasteiger partial charge in [0.1, 0.15) is 0 Å². The van der Waals surface area contributed by atoms with Gasteiger partial charge in [0, 0.05) is 0 Å². The van der Waals surface area contributed by atoms with Gasteiger partial charge < -0.3 is 5.11 Å². The monoisotopic (exact) mass is 184 g/mol. The lowest BCUT2D eigenvalue weighted by atomic mass is 9.95. The van der Waals surface area contributed by atoms with Gasteiger partial charge in [-0.1, -0.05) is 6.92 Å². The summed E-state index contributed by atoms with van der Waals surface area (Å²) in [6, 6.07) is 2.12. The highest BCUT2D eigenvalue weighted by molar-refractivity contribution is 7.07. The van der Waals surface area contributed by atoms with Crippen molar-refractivity contribution in [2.45, 2.75) is 38.7 Å². The molecule has 12 heavy (non-hydrogen) atoms. The number of hydrogen-bond donors (Lipinski definition) is 1. The normalized spacial score (nSPS) is 15.9. The summed E-state index contributed by atoms with van der Waals surface area (Å²) in [6.45, 7) is 3.92. The maximum atomic E-state index is 9.73. The van der Waals surface area contributed by atoms with Crippen LogP contribution in [0.4, 0.5) is 0 Å². The second-order valence-electron chi connectivity index (χ2n) is 3.48. The van der Waals surface area contributed by atoms with Crippen LogP contribution in [0, 0.1) is 0 Å². The number of aliphatic hydroxyl groups is 1. The summed E-state index contributed by atoms with van der Waals surface area (Å²) in [4.78, 5) is 0. The Balaban J connectivity index is 2.36. The minimum Gasteiger partial charge on any atom is -0.390 e. The molecule has 1 heterocycles. The Morgan fingerprint density at radius 1 is 1.58 bits per heavy atom. The largest absolute Gasteiger partial charge is 0.390 e. The number of rotatable bonds is 4. The van der Waals surface area contributed by atoms with E-state index in [2.05, 4.69) is 16.8 Å². The topological polar surface area (TPSA) is 20.2 Å². The maximum Gasteiger partial charge on any atom is 0.0620 e. The first-order chi connectivity index (χ1) is 5.64. The van der Waals surface area contributed by atoms with Gasteiger partial charge in [-0.05, 0) is 48.6 Å². The molecule has 1 atom stereocenters. The summed E-state index contributed by atoms with van der Waals surface area (Å²) in [5.74, 6) is 0. The van der Waals surface area contributed by atoms with Crippen molar-refractivity contribution in [3.05, 3.63) is 22.4 Å². The summed E-state index contributed by atoms with van der Waals surface area (Å²) in [6.07, 6.45) is 2.68. The van der Waals surface area contributed by atoms with Crippen LogP contribution in [0.25, 0.3) is 0 Å². The highest BCUT2D eigenvalue weighted by atomic mass is 32.1. The molecule has 0 aliphatic rings. The molecule has 0 fully saturated rings. The third-order valence-corrected chi connectivity index (χ3v) is 3.03. The van der Waals surface area contributed by atoms with Crippen molar-refractivity contribution >= 4 is 11.3 Å². The lowest BCUT2D eigenvalue weighted by Gasteiger charge is -2.20. The summed E-state index contributed by atoms with van der Waals surface area (Å²) >= 11 is 1.72. The fraction of sp³-hybridized carbons (Fsp3) is 0.600. The molecular formula is C10H16OS. The number of thiophene rings is 1. The van der Waals surface area contributed by atoms with Gasteiger partial charge in [-0.15, -0.1) is 0 Å². The van der Waals surface area contributed by atoms with Crippen LogP contribution in [-0.4, -0.2) is 10.7 Å². The van der Waals surface area contributed by atoms with Crippen LogP contribution in [-0.2, 0) is 6.42 Å². The van der Waals surface area contributed by atoms with Gasteiger partial charge in [-0.3, -0.25) is 0 Å². The zero-order chi connectivity index (χ0) is 9.03. The van der Waals surface area contributed by atoms with Crippen LogP contribution in [0.15, 0.2) is 16.8 Å². The van der Waals surface area contributed by atoms with Crippen LogP contribution < -0.4 is 0 Å². The van der Waals surface area contributed by atoms with Crippen molar-refractivity contribution in [2.24, 2.45) is 0 Å². The van der Waals surface area contributed by atoms with E-state index >= 15 is 0 Å². The van der Waals surface area contributed by atoms with E-state index in [1.54, 1.807) is 11.3 Å². The Labute approximate surface area is 78.1 Å². The zero-order valence-electron chi connectivity index (χ0n) is 7.71. The van der Waals surface area contributed by atoms with E-state index < -0.39 is 5.60 Å². The molecule has 1 rings (SSSR count). The predicted molar refractivity (Wildman–Crippen MR) is 53.6 cm³/mol. The third kappa shape index (κ3) is 2.95. The molecule has 0 aliphatic carbocycles. The van der Waals surface area contributed by atoms with Crippen molar-refractivity contribution in [2.75, 3.05) is 0 Å². The standard InChI is InChI=1S/C10H16OS/c1-3-10(2,11)6-4-9-5-7-12-8-9/h5,7-8,11H,3-4,6H2,1-2H3. The first kappa shape index (κ1) is 9.75. The van der Waals surface area contributed by atoms with Crippen molar-refractivity contribution < 1.29 is 5.11 Å². The van der Waals surface area contributed by atoms with E-state index in [1.807, 2.05) is 13.8 Å². The number of aryl methyl sites for hydroxylation is 1. The Morgan fingerprint density at radius 2 is 2.33 bits per heavy atom. The smallest absolute Gasteiger partial charge is 0.0620 e. The van der Waals surface area contributed by atoms with Crippen molar-refractivity contribution in [3.63, 3.8) is 0 Å². The lowest BCUT2D eigenvalue weighted by molar-refractivity contribution is 0.0473. The second kappa shape index (κ2) is 4.06. The van der Waals surface area contributed by atoms with Crippen LogP contribution in [0.1, 0.15) is 32.3 Å². The molecule has 2 heteroatoms. The third-order valence-electron chi connectivity index (χ3n) is 2.29. The van der Waals surface area contributed by atoms with Gasteiger partial charge in [-0.25, -0.2) is 0 Å². The van der Waals surface area contributed by atoms with Gasteiger partial charge >= 0.3 is 0 Å². The van der Waals surface area contributed by atoms with Gasteiger partial charge in [-0.2, -0.15) is 11.3 Å². The molecule has 0 saturated heterocycles. The quantitative estimate of drug-likeness (QED) is 0.763. The highest BCUT2D eigenvalue weighted by Crippen LogP contribution is 2.18. The summed E-state index contributed by atoms with van der Waals surface area (Å²) in [7, 11) is 0. The molecule has 1 aromatic rings. The molecule has 0 saturated carbocycles. The Morgan fingerprint density at radius 3 is 2.83 bits per heavy atom. The molecule has 0 aliphatic heterocycles. The molecule has 0 radical (unpaired) electrons. The Hall–Kier alpha value is -0.340. The van der Waals surface area contributed by atoms with Gasteiger partial charge in [0.2, 0.25) is 0 Å². The molecule has 1 aromatic heterocycles. The van der Waals surface area contributed by atoms with E-state index in [0.717, 1.165) is 19.3 Å². The van der Waals surface area contributed by atoms with E-state index in [4.69, 9.17) is 0 Å². The first-order valence-electron chi connectivity index (χ1n) is 4.37. The molecule has 1 N–H and O–H groups in total. The number of hydrogen-bond acceptors (Lipinski definition) is 2. The average Bonchev–Trinajstić information content (AvgIpc) is 2.53. The summed E-state index contributed by atoms with van der Waals surface area (Å²) in [5.41, 5.74) is 0.857. The fourth-order valence-corrected chi connectivity index (χ4v) is 1.73. The molecule has 0 bridgehead atoms. The molecule has 1 nitrogen and oxygen atoms in total. The highest BCUT2D eigenvalue weighted by Gasteiger charge is 2.16. The zero-order valence-corrected chi connectivity index (χ0v) is 8.53. The van der Waals surface area contributed by atoms with Crippen LogP contribution >= 0.6 is 11.3 Å². The van der Waals surface area contributed by atoms with Crippen LogP contribution in [0.5, 0.6) is 0 Å². The van der Waals surface area contributed by atoms with Crippen LogP contribution in [0.2, 0.25) is 0 Å². The molecular weight excluding hydrogens is 168 g/mol. The first-order valence-corrected chi connectivity index (χ1v) is 5.32. The van der Waals surface area contributed by atoms with Crippen LogP contribution in [0.3, 0.4) is 0 Å². The fourth-order valence-electron chi connectivity index (χ4n) is 1.03. The molecule has 1 unspecified atom stereocenters. The molecule has 0 aromatic carbocycles. The molecule has 0 spiro atoms. The van der Waals surface area contributed by atoms with Crippen molar-refractivity contribution in [3.8, 4) is 0 Å². The van der Waals surface area contributed by atoms with E-state index in [0.29, 0.717) is 0 Å². The van der Waals surface area contributed by atoms with E-state index in [-0.39, 0.29) is 0 Å². The van der Waals surface area contributed by atoms with E-state index in [9.17, 15) is 5.11 Å². The minimum absolute atomic E-state index is 0.484. The summed E-state index contributed by atoms with van der Waals surface area (Å²) in [5, 5.41) is 13.9. The Bertz CT molecular complexity index is 214. The van der Waals surface area contributed by atoms with E-state index in [1.165, 1.54) is 5.56 Å². The van der Waals surface area contributed by atoms with Gasteiger partial charge in [0.25, 0.3) is 0 Å². The van der Waals surface area contributed by atoms with Crippen molar-refractivity contribution in [1.82, 2.24) is 0 Å². The van der Waals surface area contributed by atoms with Gasteiger partial charge in [0.05, 0.1) is 5.60 Å². The van der Waals surface area contributed by atoms with Crippen molar-refractivity contribution in [1.29, 1.82) is 0 Å². The Kier molecular flexibility index (Phi) is 3.29. The SMILES string of the molecule is CCC(C)(O)CCc1ccsc1. The maximum absolute atomic E-state index is 9.73.